The third-order valence-corrected chi connectivity index (χ3v) is 11.2. The average Bonchev–Trinajstić information content (AvgIpc) is 3.84. The fraction of sp³-hybridized carbons (Fsp3) is 0.485. The molecule has 4 aromatic rings. The van der Waals surface area contributed by atoms with Crippen LogP contribution in [0.15, 0.2) is 55.2 Å². The van der Waals surface area contributed by atoms with Crippen molar-refractivity contribution in [2.45, 2.75) is 55.9 Å². The van der Waals surface area contributed by atoms with Crippen LogP contribution >= 0.6 is 0 Å². The first-order valence-corrected chi connectivity index (χ1v) is 18.1. The molecule has 2 aliphatic heterocycles. The van der Waals surface area contributed by atoms with Gasteiger partial charge in [-0.25, -0.2) is 27.8 Å². The summed E-state index contributed by atoms with van der Waals surface area (Å²) < 4.78 is 45.4. The summed E-state index contributed by atoms with van der Waals surface area (Å²) in [5, 5.41) is 10.7. The number of nitrogens with one attached hydrogen (secondary N) is 2. The second-order valence-corrected chi connectivity index (χ2v) is 14.9. The maximum Gasteiger partial charge on any atom is 0.256 e. The fourth-order valence-electron chi connectivity index (χ4n) is 6.17. The van der Waals surface area contributed by atoms with Crippen LogP contribution in [0.3, 0.4) is 0 Å². The molecule has 15 heteroatoms. The molecular weight excluding hydrogens is 635 g/mol. The van der Waals surface area contributed by atoms with E-state index in [1.54, 1.807) is 24.7 Å². The molecule has 254 valence electrons. The Bertz CT molecular complexity index is 1800. The van der Waals surface area contributed by atoms with Crippen LogP contribution in [-0.4, -0.2) is 111 Å². The maximum absolute atomic E-state index is 12.9. The molecule has 0 bridgehead atoms. The highest BCUT2D eigenvalue weighted by atomic mass is 32.2. The zero-order valence-electron chi connectivity index (χ0n) is 27.0. The number of aromatic nitrogens is 6. The Labute approximate surface area is 280 Å². The SMILES string of the molecule is CN1CCC(Oc2ccc(-c3cnc(Nc4ccnc(-c5cnn(S(=O)(=O)C6CC6)c5)n4)cc3NC3CCN(CCF)CC3)nc2)CC1. The van der Waals surface area contributed by atoms with Crippen LogP contribution in [0.2, 0.25) is 0 Å². The predicted molar refractivity (Wildman–Crippen MR) is 182 cm³/mol. The molecule has 3 fully saturated rings. The smallest absolute Gasteiger partial charge is 0.256 e. The Morgan fingerprint density at radius 1 is 0.938 bits per heavy atom. The van der Waals surface area contributed by atoms with Gasteiger partial charge in [-0.1, -0.05) is 0 Å². The molecular formula is C33H41FN10O3S. The van der Waals surface area contributed by atoms with E-state index in [4.69, 9.17) is 14.7 Å². The van der Waals surface area contributed by atoms with Gasteiger partial charge < -0.3 is 25.2 Å². The summed E-state index contributed by atoms with van der Waals surface area (Å²) in [5.41, 5.74) is 2.99. The first-order chi connectivity index (χ1) is 23.3. The molecule has 48 heavy (non-hydrogen) atoms. The first kappa shape index (κ1) is 32.3. The molecule has 2 N–H and O–H groups in total. The van der Waals surface area contributed by atoms with Gasteiger partial charge in [-0.3, -0.25) is 4.98 Å². The number of pyridine rings is 2. The van der Waals surface area contributed by atoms with E-state index in [0.29, 0.717) is 42.4 Å². The molecule has 0 amide bonds. The topological polar surface area (TPSA) is 143 Å². The lowest BCUT2D eigenvalue weighted by atomic mass is 10.0. The van der Waals surface area contributed by atoms with Crippen molar-refractivity contribution < 1.29 is 17.5 Å². The predicted octanol–water partition coefficient (Wildman–Crippen LogP) is 4.20. The molecule has 13 nitrogen and oxygen atoms in total. The number of halogens is 1. The molecule has 0 aromatic carbocycles. The van der Waals surface area contributed by atoms with Crippen molar-refractivity contribution in [1.29, 1.82) is 0 Å². The summed E-state index contributed by atoms with van der Waals surface area (Å²) in [6.07, 6.45) is 13.4. The van der Waals surface area contributed by atoms with Crippen molar-refractivity contribution >= 4 is 27.3 Å². The van der Waals surface area contributed by atoms with Crippen molar-refractivity contribution in [3.05, 3.63) is 55.2 Å². The summed E-state index contributed by atoms with van der Waals surface area (Å²) in [7, 11) is -1.36. The monoisotopic (exact) mass is 676 g/mol. The number of rotatable bonds is 12. The third-order valence-electron chi connectivity index (χ3n) is 9.17. The number of anilines is 3. The molecule has 1 saturated carbocycles. The van der Waals surface area contributed by atoms with Gasteiger partial charge in [0.05, 0.1) is 35.1 Å². The van der Waals surface area contributed by atoms with E-state index >= 15 is 0 Å². The van der Waals surface area contributed by atoms with Gasteiger partial charge in [0.2, 0.25) is 0 Å². The fourth-order valence-corrected chi connectivity index (χ4v) is 7.65. The van der Waals surface area contributed by atoms with Gasteiger partial charge in [0, 0.05) is 68.5 Å². The molecule has 3 aliphatic rings. The quantitative estimate of drug-likeness (QED) is 0.222. The molecule has 4 aromatic heterocycles. The van der Waals surface area contributed by atoms with E-state index in [-0.39, 0.29) is 24.1 Å². The van der Waals surface area contributed by atoms with E-state index in [0.717, 1.165) is 78.6 Å². The molecule has 1 aliphatic carbocycles. The van der Waals surface area contributed by atoms with Gasteiger partial charge in [0.25, 0.3) is 10.0 Å². The van der Waals surface area contributed by atoms with Gasteiger partial charge in [-0.05, 0) is 63.8 Å². The highest BCUT2D eigenvalue weighted by Gasteiger charge is 2.37. The number of hydrogen-bond acceptors (Lipinski definition) is 12. The van der Waals surface area contributed by atoms with Crippen molar-refractivity contribution in [3.8, 4) is 28.4 Å². The maximum atomic E-state index is 12.9. The van der Waals surface area contributed by atoms with Crippen LogP contribution in [0.4, 0.5) is 21.7 Å². The number of likely N-dealkylation sites (tertiary alicyclic amines) is 2. The van der Waals surface area contributed by atoms with Crippen LogP contribution in [-0.2, 0) is 10.0 Å². The van der Waals surface area contributed by atoms with Crippen LogP contribution < -0.4 is 15.4 Å². The van der Waals surface area contributed by atoms with Crippen molar-refractivity contribution in [2.24, 2.45) is 0 Å². The Morgan fingerprint density at radius 2 is 1.75 bits per heavy atom. The van der Waals surface area contributed by atoms with Gasteiger partial charge in [-0.2, -0.15) is 9.19 Å². The van der Waals surface area contributed by atoms with Crippen molar-refractivity contribution in [3.63, 3.8) is 0 Å². The summed E-state index contributed by atoms with van der Waals surface area (Å²) in [4.78, 5) is 22.9. The minimum atomic E-state index is -3.49. The number of nitrogens with zero attached hydrogens (tertiary/aromatic N) is 8. The molecule has 0 unspecified atom stereocenters. The Morgan fingerprint density at radius 3 is 2.48 bits per heavy atom. The molecule has 0 atom stereocenters. The minimum Gasteiger partial charge on any atom is -0.489 e. The Hall–Kier alpha value is -4.21. The van der Waals surface area contributed by atoms with Crippen LogP contribution in [0, 0.1) is 0 Å². The zero-order valence-corrected chi connectivity index (χ0v) is 27.8. The number of alkyl halides is 1. The van der Waals surface area contributed by atoms with Gasteiger partial charge in [0.1, 0.15) is 30.2 Å². The van der Waals surface area contributed by atoms with Gasteiger partial charge in [-0.15, -0.1) is 0 Å². The Balaban J connectivity index is 1.10. The third kappa shape index (κ3) is 7.58. The Kier molecular flexibility index (Phi) is 9.50. The standard InChI is InChI=1S/C33H41FN10O3S/c1-42-13-9-25(10-14-42)47-26-2-5-29(36-20-26)28-21-37-32(18-30(28)39-24-7-15-43(16-8-24)17-11-34)40-31-6-12-35-33(41-31)23-19-38-44(22-23)48(45,46)27-3-4-27/h2,5-6,12,18-22,24-25,27H,3-4,7-11,13-17H2,1H3,(H2,35,37,39,40,41). The molecule has 2 saturated heterocycles. The minimum absolute atomic E-state index is 0.190. The lowest BCUT2D eigenvalue weighted by Gasteiger charge is -2.32. The van der Waals surface area contributed by atoms with Crippen molar-refractivity contribution in [2.75, 3.05) is 57.1 Å². The summed E-state index contributed by atoms with van der Waals surface area (Å²) in [6.45, 7) is 3.84. The number of hydrogen-bond donors (Lipinski definition) is 2. The molecule has 0 spiro atoms. The second-order valence-electron chi connectivity index (χ2n) is 12.8. The first-order valence-electron chi connectivity index (χ1n) is 16.6. The van der Waals surface area contributed by atoms with E-state index in [1.165, 1.54) is 12.4 Å². The van der Waals surface area contributed by atoms with E-state index in [2.05, 4.69) is 42.5 Å². The zero-order chi connectivity index (χ0) is 33.1. The molecule has 0 radical (unpaired) electrons. The van der Waals surface area contributed by atoms with Crippen LogP contribution in [0.1, 0.15) is 38.5 Å². The normalized spacial score (nSPS) is 18.5. The van der Waals surface area contributed by atoms with E-state index in [1.807, 2.05) is 18.2 Å². The van der Waals surface area contributed by atoms with E-state index < -0.39 is 10.0 Å². The summed E-state index contributed by atoms with van der Waals surface area (Å²) in [6, 6.07) is 7.80. The summed E-state index contributed by atoms with van der Waals surface area (Å²) in [5.74, 6) is 2.16. The van der Waals surface area contributed by atoms with Crippen LogP contribution in [0.25, 0.3) is 22.6 Å². The number of piperidine rings is 2. The van der Waals surface area contributed by atoms with E-state index in [9.17, 15) is 12.8 Å². The molecule has 7 rings (SSSR count). The number of ether oxygens (including phenoxy) is 1. The highest BCUT2D eigenvalue weighted by molar-refractivity contribution is 7.90. The lowest BCUT2D eigenvalue weighted by molar-refractivity contribution is 0.114. The van der Waals surface area contributed by atoms with Gasteiger partial charge in [0.15, 0.2) is 5.82 Å². The van der Waals surface area contributed by atoms with Crippen molar-refractivity contribution in [1.82, 2.24) is 38.9 Å². The second kappa shape index (κ2) is 14.1. The van der Waals surface area contributed by atoms with Crippen LogP contribution in [0.5, 0.6) is 5.75 Å². The van der Waals surface area contributed by atoms with Gasteiger partial charge >= 0.3 is 0 Å². The highest BCUT2D eigenvalue weighted by Crippen LogP contribution is 2.33. The largest absolute Gasteiger partial charge is 0.489 e. The average molecular weight is 677 g/mol. The summed E-state index contributed by atoms with van der Waals surface area (Å²) >= 11 is 0. The lowest BCUT2D eigenvalue weighted by Crippen LogP contribution is -2.40. The molecule has 6 heterocycles.